The van der Waals surface area contributed by atoms with Crippen molar-refractivity contribution in [1.29, 1.82) is 0 Å². The number of nitrogens with one attached hydrogen (secondary N) is 2. The fourth-order valence-electron chi connectivity index (χ4n) is 2.26. The molecular formula is C13H23N3S. The molecular weight excluding hydrogens is 230 g/mol. The molecule has 4 heteroatoms. The number of rotatable bonds is 5. The van der Waals surface area contributed by atoms with Crippen molar-refractivity contribution in [2.45, 2.75) is 51.1 Å². The molecule has 2 atom stereocenters. The van der Waals surface area contributed by atoms with Gasteiger partial charge in [-0.15, -0.1) is 11.3 Å². The van der Waals surface area contributed by atoms with Gasteiger partial charge in [-0.05, 0) is 33.4 Å². The molecule has 1 aliphatic rings. The molecule has 17 heavy (non-hydrogen) atoms. The highest BCUT2D eigenvalue weighted by Gasteiger charge is 2.15. The number of aromatic nitrogens is 1. The van der Waals surface area contributed by atoms with Crippen LogP contribution in [0.5, 0.6) is 0 Å². The van der Waals surface area contributed by atoms with Gasteiger partial charge in [0.15, 0.2) is 0 Å². The molecule has 1 aromatic heterocycles. The summed E-state index contributed by atoms with van der Waals surface area (Å²) in [7, 11) is 2.00. The van der Waals surface area contributed by atoms with Gasteiger partial charge in [-0.1, -0.05) is 6.42 Å². The number of hydrogen-bond donors (Lipinski definition) is 2. The molecule has 1 saturated heterocycles. The Morgan fingerprint density at radius 1 is 1.59 bits per heavy atom. The molecule has 96 valence electrons. The molecule has 0 radical (unpaired) electrons. The summed E-state index contributed by atoms with van der Waals surface area (Å²) >= 11 is 1.82. The van der Waals surface area contributed by atoms with Crippen LogP contribution in [-0.4, -0.2) is 30.7 Å². The summed E-state index contributed by atoms with van der Waals surface area (Å²) in [6, 6.07) is 1.17. The number of piperidine rings is 1. The third-order valence-electron chi connectivity index (χ3n) is 3.44. The summed E-state index contributed by atoms with van der Waals surface area (Å²) in [5, 5.41) is 10.3. The van der Waals surface area contributed by atoms with Crippen molar-refractivity contribution >= 4 is 11.3 Å². The summed E-state index contributed by atoms with van der Waals surface area (Å²) in [6.45, 7) is 3.38. The van der Waals surface area contributed by atoms with Crippen LogP contribution >= 0.6 is 11.3 Å². The minimum atomic E-state index is 0.512. The molecule has 3 nitrogen and oxygen atoms in total. The Bertz CT molecular complexity index is 331. The van der Waals surface area contributed by atoms with E-state index in [1.54, 1.807) is 0 Å². The van der Waals surface area contributed by atoms with Crippen molar-refractivity contribution in [2.24, 2.45) is 0 Å². The third-order valence-corrected chi connectivity index (χ3v) is 4.36. The van der Waals surface area contributed by atoms with Crippen molar-refractivity contribution in [1.82, 2.24) is 15.6 Å². The van der Waals surface area contributed by atoms with Crippen LogP contribution in [0.4, 0.5) is 0 Å². The first-order chi connectivity index (χ1) is 8.28. The molecule has 1 aliphatic heterocycles. The highest BCUT2D eigenvalue weighted by atomic mass is 32.1. The van der Waals surface area contributed by atoms with E-state index < -0.39 is 0 Å². The van der Waals surface area contributed by atoms with Gasteiger partial charge in [-0.25, -0.2) is 4.98 Å². The molecule has 0 saturated carbocycles. The van der Waals surface area contributed by atoms with Crippen LogP contribution < -0.4 is 10.6 Å². The molecule has 0 spiro atoms. The van der Waals surface area contributed by atoms with Gasteiger partial charge in [-0.3, -0.25) is 0 Å². The molecule has 1 fully saturated rings. The van der Waals surface area contributed by atoms with Gasteiger partial charge in [0.05, 0.1) is 10.7 Å². The highest BCUT2D eigenvalue weighted by Crippen LogP contribution is 2.17. The van der Waals surface area contributed by atoms with Gasteiger partial charge in [-0.2, -0.15) is 0 Å². The number of hydrogen-bond acceptors (Lipinski definition) is 4. The lowest BCUT2D eigenvalue weighted by molar-refractivity contribution is 0.399. The van der Waals surface area contributed by atoms with Gasteiger partial charge in [0.1, 0.15) is 0 Å². The topological polar surface area (TPSA) is 37.0 Å². The summed E-state index contributed by atoms with van der Waals surface area (Å²) in [6.07, 6.45) is 6.15. The Hall–Kier alpha value is -0.450. The second-order valence-electron chi connectivity index (χ2n) is 4.98. The summed E-state index contributed by atoms with van der Waals surface area (Å²) in [4.78, 5) is 4.73. The number of nitrogens with zero attached hydrogens (tertiary/aromatic N) is 1. The van der Waals surface area contributed by atoms with Crippen molar-refractivity contribution in [3.63, 3.8) is 0 Å². The molecule has 0 amide bonds. The molecule has 2 N–H and O–H groups in total. The minimum Gasteiger partial charge on any atom is -0.317 e. The third kappa shape index (κ3) is 4.05. The quantitative estimate of drug-likeness (QED) is 0.842. The minimum absolute atomic E-state index is 0.512. The van der Waals surface area contributed by atoms with Crippen LogP contribution in [0, 0.1) is 0 Å². The maximum Gasteiger partial charge on any atom is 0.0943 e. The van der Waals surface area contributed by atoms with E-state index in [9.17, 15) is 0 Å². The zero-order valence-electron chi connectivity index (χ0n) is 10.8. The van der Waals surface area contributed by atoms with E-state index in [0.29, 0.717) is 12.1 Å². The van der Waals surface area contributed by atoms with Crippen molar-refractivity contribution in [2.75, 3.05) is 13.6 Å². The van der Waals surface area contributed by atoms with Crippen LogP contribution in [-0.2, 0) is 12.8 Å². The highest BCUT2D eigenvalue weighted by molar-refractivity contribution is 7.09. The lowest BCUT2D eigenvalue weighted by Gasteiger charge is -2.22. The largest absolute Gasteiger partial charge is 0.317 e. The summed E-state index contributed by atoms with van der Waals surface area (Å²) < 4.78 is 0. The molecule has 2 heterocycles. The average Bonchev–Trinajstić information content (AvgIpc) is 2.77. The predicted octanol–water partition coefficient (Wildman–Crippen LogP) is 1.98. The van der Waals surface area contributed by atoms with Crippen LogP contribution in [0.3, 0.4) is 0 Å². The van der Waals surface area contributed by atoms with E-state index in [0.717, 1.165) is 12.8 Å². The maximum absolute atomic E-state index is 4.73. The van der Waals surface area contributed by atoms with Gasteiger partial charge >= 0.3 is 0 Å². The van der Waals surface area contributed by atoms with E-state index in [1.165, 1.54) is 36.5 Å². The number of thiazole rings is 1. The Balaban J connectivity index is 1.84. The Morgan fingerprint density at radius 2 is 2.47 bits per heavy atom. The molecule has 0 aliphatic carbocycles. The fraction of sp³-hybridized carbons (Fsp3) is 0.769. The van der Waals surface area contributed by atoms with E-state index >= 15 is 0 Å². The molecule has 0 bridgehead atoms. The second kappa shape index (κ2) is 6.47. The lowest BCUT2D eigenvalue weighted by atomic mass is 10.0. The van der Waals surface area contributed by atoms with Crippen LogP contribution in [0.25, 0.3) is 0 Å². The van der Waals surface area contributed by atoms with Crippen molar-refractivity contribution < 1.29 is 0 Å². The SMILES string of the molecule is CNC(C)Cc1csc(CC2CCCCN2)n1. The first-order valence-corrected chi connectivity index (χ1v) is 7.50. The average molecular weight is 253 g/mol. The van der Waals surface area contributed by atoms with Gasteiger partial charge in [0.25, 0.3) is 0 Å². The lowest BCUT2D eigenvalue weighted by Crippen LogP contribution is -2.35. The molecule has 2 rings (SSSR count). The molecule has 2 unspecified atom stereocenters. The van der Waals surface area contributed by atoms with Crippen LogP contribution in [0.1, 0.15) is 36.9 Å². The Labute approximate surface area is 108 Å². The summed E-state index contributed by atoms with van der Waals surface area (Å²) in [5.41, 5.74) is 1.24. The van der Waals surface area contributed by atoms with Crippen LogP contribution in [0.15, 0.2) is 5.38 Å². The van der Waals surface area contributed by atoms with E-state index in [4.69, 9.17) is 4.98 Å². The van der Waals surface area contributed by atoms with Gasteiger partial charge < -0.3 is 10.6 Å². The van der Waals surface area contributed by atoms with E-state index in [1.807, 2.05) is 18.4 Å². The van der Waals surface area contributed by atoms with Gasteiger partial charge in [0.2, 0.25) is 0 Å². The number of likely N-dealkylation sites (N-methyl/N-ethyl adjacent to an activating group) is 1. The Kier molecular flexibility index (Phi) is 4.95. The van der Waals surface area contributed by atoms with Crippen molar-refractivity contribution in [3.8, 4) is 0 Å². The van der Waals surface area contributed by atoms with Crippen molar-refractivity contribution in [3.05, 3.63) is 16.1 Å². The molecule has 0 aromatic carbocycles. The fourth-order valence-corrected chi connectivity index (χ4v) is 3.15. The maximum atomic E-state index is 4.73. The first kappa shape index (κ1) is 13.0. The standard InChI is InChI=1S/C13H23N3S/c1-10(14-2)7-12-9-17-13(16-12)8-11-5-3-4-6-15-11/h9-11,14-15H,3-8H2,1-2H3. The van der Waals surface area contributed by atoms with E-state index in [2.05, 4.69) is 22.9 Å². The second-order valence-corrected chi connectivity index (χ2v) is 5.92. The summed E-state index contributed by atoms with van der Waals surface area (Å²) in [5.74, 6) is 0. The monoisotopic (exact) mass is 253 g/mol. The van der Waals surface area contributed by atoms with Gasteiger partial charge in [0, 0.05) is 30.3 Å². The zero-order chi connectivity index (χ0) is 12.1. The first-order valence-electron chi connectivity index (χ1n) is 6.62. The van der Waals surface area contributed by atoms with E-state index in [-0.39, 0.29) is 0 Å². The smallest absolute Gasteiger partial charge is 0.0943 e. The molecule has 1 aromatic rings. The zero-order valence-corrected chi connectivity index (χ0v) is 11.6. The Morgan fingerprint density at radius 3 is 3.18 bits per heavy atom. The normalized spacial score (nSPS) is 22.6. The predicted molar refractivity (Wildman–Crippen MR) is 73.7 cm³/mol. The van der Waals surface area contributed by atoms with Crippen LogP contribution in [0.2, 0.25) is 0 Å².